The standard InChI is InChI=1S/C15H18ClNOS/c1-15(2,3)13-9-19-14(17-13)8-12(18)10-6-4-5-7-11(10)16/h4-7,9,12,18H,8H2,1-3H3. The van der Waals surface area contributed by atoms with E-state index in [1.54, 1.807) is 17.4 Å². The minimum absolute atomic E-state index is 0.0457. The van der Waals surface area contributed by atoms with Crippen LogP contribution in [0.15, 0.2) is 29.6 Å². The van der Waals surface area contributed by atoms with Crippen molar-refractivity contribution in [1.82, 2.24) is 4.98 Å². The van der Waals surface area contributed by atoms with Crippen LogP contribution in [-0.4, -0.2) is 10.1 Å². The van der Waals surface area contributed by atoms with Gasteiger partial charge in [0.15, 0.2) is 0 Å². The van der Waals surface area contributed by atoms with Crippen molar-refractivity contribution < 1.29 is 5.11 Å². The second-order valence-corrected chi connectivity index (χ2v) is 6.97. The Morgan fingerprint density at radius 1 is 1.32 bits per heavy atom. The zero-order chi connectivity index (χ0) is 14.0. The zero-order valence-electron chi connectivity index (χ0n) is 11.4. The second kappa shape index (κ2) is 5.61. The normalized spacial score (nSPS) is 13.5. The summed E-state index contributed by atoms with van der Waals surface area (Å²) in [5, 5.41) is 13.9. The van der Waals surface area contributed by atoms with Crippen LogP contribution in [-0.2, 0) is 11.8 Å². The van der Waals surface area contributed by atoms with Crippen LogP contribution in [0.5, 0.6) is 0 Å². The van der Waals surface area contributed by atoms with E-state index in [0.717, 1.165) is 16.3 Å². The number of aliphatic hydroxyl groups is 1. The molecule has 1 unspecified atom stereocenters. The number of hydrogen-bond donors (Lipinski definition) is 1. The smallest absolute Gasteiger partial charge is 0.0957 e. The summed E-state index contributed by atoms with van der Waals surface area (Å²) >= 11 is 7.68. The minimum atomic E-state index is -0.604. The molecule has 0 spiro atoms. The number of halogens is 1. The van der Waals surface area contributed by atoms with Gasteiger partial charge in [-0.05, 0) is 11.6 Å². The molecular weight excluding hydrogens is 278 g/mol. The van der Waals surface area contributed by atoms with Crippen molar-refractivity contribution in [3.63, 3.8) is 0 Å². The number of rotatable bonds is 3. The van der Waals surface area contributed by atoms with Crippen molar-refractivity contribution in [1.29, 1.82) is 0 Å². The molecule has 2 aromatic rings. The van der Waals surface area contributed by atoms with Gasteiger partial charge in [-0.2, -0.15) is 0 Å². The molecule has 0 saturated heterocycles. The number of benzene rings is 1. The van der Waals surface area contributed by atoms with Crippen LogP contribution in [0.4, 0.5) is 0 Å². The van der Waals surface area contributed by atoms with E-state index in [-0.39, 0.29) is 5.41 Å². The first-order valence-electron chi connectivity index (χ1n) is 6.25. The molecule has 1 N–H and O–H groups in total. The van der Waals surface area contributed by atoms with Gasteiger partial charge in [0.05, 0.1) is 16.8 Å². The maximum Gasteiger partial charge on any atom is 0.0957 e. The van der Waals surface area contributed by atoms with Crippen molar-refractivity contribution in [3.05, 3.63) is 50.9 Å². The molecular formula is C15H18ClNOS. The molecule has 2 rings (SSSR count). The predicted molar refractivity (Wildman–Crippen MR) is 80.9 cm³/mol. The highest BCUT2D eigenvalue weighted by atomic mass is 35.5. The van der Waals surface area contributed by atoms with Gasteiger partial charge in [-0.25, -0.2) is 4.98 Å². The highest BCUT2D eigenvalue weighted by Gasteiger charge is 2.19. The predicted octanol–water partition coefficient (Wildman–Crippen LogP) is 4.37. The van der Waals surface area contributed by atoms with Gasteiger partial charge >= 0.3 is 0 Å². The summed E-state index contributed by atoms with van der Waals surface area (Å²) in [4.78, 5) is 4.59. The molecule has 0 aliphatic heterocycles. The molecule has 1 heterocycles. The molecule has 0 bridgehead atoms. The Balaban J connectivity index is 2.14. The van der Waals surface area contributed by atoms with Crippen LogP contribution < -0.4 is 0 Å². The van der Waals surface area contributed by atoms with E-state index < -0.39 is 6.10 Å². The van der Waals surface area contributed by atoms with Gasteiger partial charge in [-0.1, -0.05) is 50.6 Å². The first kappa shape index (κ1) is 14.5. The molecule has 0 amide bonds. The average molecular weight is 296 g/mol. The average Bonchev–Trinajstić information content (AvgIpc) is 2.77. The van der Waals surface area contributed by atoms with Gasteiger partial charge in [0, 0.05) is 22.2 Å². The van der Waals surface area contributed by atoms with Gasteiger partial charge in [-0.3, -0.25) is 0 Å². The van der Waals surface area contributed by atoms with Crippen molar-refractivity contribution >= 4 is 22.9 Å². The molecule has 0 fully saturated rings. The molecule has 19 heavy (non-hydrogen) atoms. The first-order chi connectivity index (χ1) is 8.88. The fraction of sp³-hybridized carbons (Fsp3) is 0.400. The lowest BCUT2D eigenvalue weighted by Gasteiger charge is -2.14. The van der Waals surface area contributed by atoms with Crippen LogP contribution in [0.1, 0.15) is 43.1 Å². The molecule has 4 heteroatoms. The molecule has 0 saturated carbocycles. The van der Waals surface area contributed by atoms with Crippen LogP contribution in [0.2, 0.25) is 5.02 Å². The third-order valence-electron chi connectivity index (χ3n) is 2.95. The van der Waals surface area contributed by atoms with Crippen molar-refractivity contribution in [2.75, 3.05) is 0 Å². The summed E-state index contributed by atoms with van der Waals surface area (Å²) < 4.78 is 0. The lowest BCUT2D eigenvalue weighted by molar-refractivity contribution is 0.178. The third-order valence-corrected chi connectivity index (χ3v) is 4.17. The summed E-state index contributed by atoms with van der Waals surface area (Å²) in [5.41, 5.74) is 1.87. The Labute approximate surface area is 123 Å². The molecule has 1 atom stereocenters. The summed E-state index contributed by atoms with van der Waals surface area (Å²) in [7, 11) is 0. The van der Waals surface area contributed by atoms with E-state index in [1.807, 2.05) is 18.2 Å². The van der Waals surface area contributed by atoms with Crippen molar-refractivity contribution in [2.24, 2.45) is 0 Å². The van der Waals surface area contributed by atoms with Crippen molar-refractivity contribution in [3.8, 4) is 0 Å². The largest absolute Gasteiger partial charge is 0.388 e. The highest BCUT2D eigenvalue weighted by Crippen LogP contribution is 2.29. The first-order valence-corrected chi connectivity index (χ1v) is 7.51. The van der Waals surface area contributed by atoms with Gasteiger partial charge in [0.1, 0.15) is 0 Å². The maximum absolute atomic E-state index is 10.2. The second-order valence-electron chi connectivity index (χ2n) is 5.62. The quantitative estimate of drug-likeness (QED) is 0.912. The maximum atomic E-state index is 10.2. The van der Waals surface area contributed by atoms with Gasteiger partial charge in [0.25, 0.3) is 0 Å². The van der Waals surface area contributed by atoms with Crippen LogP contribution >= 0.6 is 22.9 Å². The Morgan fingerprint density at radius 3 is 2.58 bits per heavy atom. The number of hydrogen-bond acceptors (Lipinski definition) is 3. The SMILES string of the molecule is CC(C)(C)c1csc(CC(O)c2ccccc2Cl)n1. The van der Waals surface area contributed by atoms with Crippen LogP contribution in [0.25, 0.3) is 0 Å². The van der Waals surface area contributed by atoms with Crippen molar-refractivity contribution in [2.45, 2.75) is 38.7 Å². The lowest BCUT2D eigenvalue weighted by atomic mass is 9.93. The molecule has 0 radical (unpaired) electrons. The van der Waals surface area contributed by atoms with E-state index in [4.69, 9.17) is 11.6 Å². The van der Waals surface area contributed by atoms with Crippen LogP contribution in [0, 0.1) is 0 Å². The molecule has 0 aliphatic rings. The van der Waals surface area contributed by atoms with E-state index >= 15 is 0 Å². The summed E-state index contributed by atoms with van der Waals surface area (Å²) in [5.74, 6) is 0. The van der Waals surface area contributed by atoms with Gasteiger partial charge < -0.3 is 5.11 Å². The Bertz CT molecular complexity index is 559. The number of aromatic nitrogens is 1. The fourth-order valence-corrected chi connectivity index (χ4v) is 3.09. The minimum Gasteiger partial charge on any atom is -0.388 e. The van der Waals surface area contributed by atoms with E-state index in [1.165, 1.54) is 0 Å². The molecule has 102 valence electrons. The van der Waals surface area contributed by atoms with E-state index in [0.29, 0.717) is 11.4 Å². The summed E-state index contributed by atoms with van der Waals surface area (Å²) in [6.45, 7) is 6.41. The van der Waals surface area contributed by atoms with E-state index in [9.17, 15) is 5.11 Å². The van der Waals surface area contributed by atoms with Gasteiger partial charge in [-0.15, -0.1) is 11.3 Å². The zero-order valence-corrected chi connectivity index (χ0v) is 12.9. The topological polar surface area (TPSA) is 33.1 Å². The Kier molecular flexibility index (Phi) is 4.29. The molecule has 1 aromatic heterocycles. The highest BCUT2D eigenvalue weighted by molar-refractivity contribution is 7.09. The summed E-state index contributed by atoms with van der Waals surface area (Å²) in [6, 6.07) is 7.39. The number of aliphatic hydroxyl groups excluding tert-OH is 1. The molecule has 1 aromatic carbocycles. The van der Waals surface area contributed by atoms with Gasteiger partial charge in [0.2, 0.25) is 0 Å². The third kappa shape index (κ3) is 3.56. The summed E-state index contributed by atoms with van der Waals surface area (Å²) in [6.07, 6.45) is -0.0996. The number of thiazole rings is 1. The van der Waals surface area contributed by atoms with E-state index in [2.05, 4.69) is 31.1 Å². The lowest BCUT2D eigenvalue weighted by Crippen LogP contribution is -2.12. The Hall–Kier alpha value is -0.900. The fourth-order valence-electron chi connectivity index (χ4n) is 1.77. The Morgan fingerprint density at radius 2 is 2.00 bits per heavy atom. The van der Waals surface area contributed by atoms with Crippen LogP contribution in [0.3, 0.4) is 0 Å². The number of nitrogens with zero attached hydrogens (tertiary/aromatic N) is 1. The molecule has 0 aliphatic carbocycles. The monoisotopic (exact) mass is 295 g/mol. The molecule has 2 nitrogen and oxygen atoms in total.